The van der Waals surface area contributed by atoms with Gasteiger partial charge in [-0.05, 0) is 88.1 Å². The van der Waals surface area contributed by atoms with Gasteiger partial charge < -0.3 is 9.80 Å². The van der Waals surface area contributed by atoms with Crippen LogP contribution in [-0.4, -0.2) is 32.1 Å². The topological polar surface area (TPSA) is 6.48 Å². The molecular weight excluding hydrogens is 280 g/mol. The van der Waals surface area contributed by atoms with Crippen LogP contribution < -0.4 is 4.90 Å². The lowest BCUT2D eigenvalue weighted by Crippen LogP contribution is -2.24. The lowest BCUT2D eigenvalue weighted by molar-refractivity contribution is 0.402. The first kappa shape index (κ1) is 16.1. The first-order valence-corrected chi connectivity index (χ1v) is 8.66. The molecule has 0 bridgehead atoms. The van der Waals surface area contributed by atoms with Crippen molar-refractivity contribution in [2.75, 3.05) is 32.1 Å². The number of fused-ring (bicyclic) bond motifs is 2. The molecule has 0 aromatic heterocycles. The largest absolute Gasteiger partial charge is 0.341 e. The van der Waals surface area contributed by atoms with Crippen LogP contribution in [0.2, 0.25) is 0 Å². The van der Waals surface area contributed by atoms with Crippen LogP contribution in [0.1, 0.15) is 28.7 Å². The van der Waals surface area contributed by atoms with Crippen LogP contribution in [0.5, 0.6) is 0 Å². The fourth-order valence-electron chi connectivity index (χ4n) is 3.46. The summed E-state index contributed by atoms with van der Waals surface area (Å²) < 4.78 is 0. The molecule has 2 nitrogen and oxygen atoms in total. The van der Waals surface area contributed by atoms with Crippen molar-refractivity contribution in [1.82, 2.24) is 4.90 Å². The molecule has 0 amide bonds. The molecule has 0 unspecified atom stereocenters. The van der Waals surface area contributed by atoms with E-state index >= 15 is 0 Å². The van der Waals surface area contributed by atoms with Gasteiger partial charge in [-0.25, -0.2) is 0 Å². The van der Waals surface area contributed by atoms with E-state index < -0.39 is 0 Å². The van der Waals surface area contributed by atoms with E-state index in [1.54, 1.807) is 0 Å². The second kappa shape index (κ2) is 6.76. The number of benzene rings is 2. The summed E-state index contributed by atoms with van der Waals surface area (Å²) in [5, 5.41) is 0. The Hall–Kier alpha value is -1.80. The predicted octanol–water partition coefficient (Wildman–Crippen LogP) is 4.49. The van der Waals surface area contributed by atoms with E-state index in [0.717, 1.165) is 25.9 Å². The second-order valence-corrected chi connectivity index (χ2v) is 7.07. The summed E-state index contributed by atoms with van der Waals surface area (Å²) in [7, 11) is 4.30. The predicted molar refractivity (Wildman–Crippen MR) is 99.9 cm³/mol. The normalized spacial score (nSPS) is 13.7. The zero-order valence-corrected chi connectivity index (χ0v) is 14.9. The van der Waals surface area contributed by atoms with Crippen molar-refractivity contribution < 1.29 is 0 Å². The maximum absolute atomic E-state index is 2.56. The third kappa shape index (κ3) is 3.59. The molecule has 0 N–H and O–H groups in total. The van der Waals surface area contributed by atoms with E-state index in [-0.39, 0.29) is 0 Å². The van der Waals surface area contributed by atoms with Crippen molar-refractivity contribution in [1.29, 1.82) is 0 Å². The Balaban J connectivity index is 2.02. The molecule has 2 aromatic carbocycles. The molecule has 2 aromatic rings. The van der Waals surface area contributed by atoms with Crippen molar-refractivity contribution >= 4 is 11.4 Å². The van der Waals surface area contributed by atoms with Crippen LogP contribution in [0.4, 0.5) is 11.4 Å². The maximum atomic E-state index is 2.56. The number of hydrogen-bond acceptors (Lipinski definition) is 2. The van der Waals surface area contributed by atoms with Gasteiger partial charge in [-0.3, -0.25) is 0 Å². The van der Waals surface area contributed by atoms with Crippen LogP contribution >= 0.6 is 0 Å². The monoisotopic (exact) mass is 308 g/mol. The van der Waals surface area contributed by atoms with Crippen molar-refractivity contribution in [3.8, 4) is 0 Å². The van der Waals surface area contributed by atoms with Gasteiger partial charge in [0.1, 0.15) is 0 Å². The van der Waals surface area contributed by atoms with Gasteiger partial charge in [0.2, 0.25) is 0 Å². The Morgan fingerprint density at radius 1 is 0.870 bits per heavy atom. The number of rotatable bonds is 4. The molecule has 0 saturated carbocycles. The summed E-state index contributed by atoms with van der Waals surface area (Å²) in [6, 6.07) is 13.9. The summed E-state index contributed by atoms with van der Waals surface area (Å²) in [6.07, 6.45) is 3.44. The Kier molecular flexibility index (Phi) is 4.72. The van der Waals surface area contributed by atoms with E-state index in [2.05, 4.69) is 74.1 Å². The van der Waals surface area contributed by atoms with Crippen molar-refractivity contribution in [2.24, 2.45) is 0 Å². The number of anilines is 2. The smallest absolute Gasteiger partial charge is 0.0446 e. The molecule has 1 heterocycles. The molecule has 23 heavy (non-hydrogen) atoms. The molecular formula is C21H28N2. The van der Waals surface area contributed by atoms with Gasteiger partial charge in [0.15, 0.2) is 0 Å². The molecule has 0 aliphatic carbocycles. The van der Waals surface area contributed by atoms with Gasteiger partial charge in [-0.1, -0.05) is 24.3 Å². The van der Waals surface area contributed by atoms with Gasteiger partial charge in [0.25, 0.3) is 0 Å². The quantitative estimate of drug-likeness (QED) is 0.821. The summed E-state index contributed by atoms with van der Waals surface area (Å²) in [5.41, 5.74) is 8.47. The average molecular weight is 308 g/mol. The minimum Gasteiger partial charge on any atom is -0.341 e. The fraction of sp³-hybridized carbons (Fsp3) is 0.429. The Morgan fingerprint density at radius 3 is 1.87 bits per heavy atom. The fourth-order valence-corrected chi connectivity index (χ4v) is 3.46. The van der Waals surface area contributed by atoms with Crippen LogP contribution in [0.3, 0.4) is 0 Å². The van der Waals surface area contributed by atoms with Crippen LogP contribution in [0, 0.1) is 13.8 Å². The zero-order valence-electron chi connectivity index (χ0n) is 14.9. The van der Waals surface area contributed by atoms with Crippen LogP contribution in [0.15, 0.2) is 36.4 Å². The van der Waals surface area contributed by atoms with Crippen LogP contribution in [0.25, 0.3) is 0 Å². The zero-order chi connectivity index (χ0) is 16.4. The van der Waals surface area contributed by atoms with Crippen molar-refractivity contribution in [3.63, 3.8) is 0 Å². The third-order valence-corrected chi connectivity index (χ3v) is 4.71. The minimum absolute atomic E-state index is 1.07. The Morgan fingerprint density at radius 2 is 1.39 bits per heavy atom. The summed E-state index contributed by atoms with van der Waals surface area (Å²) in [6.45, 7) is 6.59. The first-order chi connectivity index (χ1) is 11.0. The number of aryl methyl sites for hydroxylation is 4. The summed E-state index contributed by atoms with van der Waals surface area (Å²) >= 11 is 0. The highest BCUT2D eigenvalue weighted by Crippen LogP contribution is 2.37. The molecule has 2 heteroatoms. The SMILES string of the molecule is Cc1ccc2c(c1)N(CCCN(C)C)c1cc(C)ccc1CC2. The highest BCUT2D eigenvalue weighted by atomic mass is 15.1. The Bertz CT molecular complexity index is 635. The lowest BCUT2D eigenvalue weighted by atomic mass is 10.0. The first-order valence-electron chi connectivity index (χ1n) is 8.66. The van der Waals surface area contributed by atoms with Gasteiger partial charge in [0, 0.05) is 17.9 Å². The molecule has 3 rings (SSSR count). The molecule has 0 saturated heterocycles. The van der Waals surface area contributed by atoms with E-state index in [4.69, 9.17) is 0 Å². The Labute approximate surface area is 140 Å². The van der Waals surface area contributed by atoms with Crippen molar-refractivity contribution in [3.05, 3.63) is 58.7 Å². The van der Waals surface area contributed by atoms with Gasteiger partial charge in [-0.15, -0.1) is 0 Å². The molecule has 1 aliphatic rings. The highest BCUT2D eigenvalue weighted by Gasteiger charge is 2.20. The number of nitrogens with zero attached hydrogens (tertiary/aromatic N) is 2. The summed E-state index contributed by atoms with van der Waals surface area (Å²) in [5.74, 6) is 0. The standard InChI is InChI=1S/C21H28N2/c1-16-6-8-18-10-11-19-9-7-17(2)15-21(19)23(20(18)14-16)13-5-12-22(3)4/h6-9,14-15H,5,10-13H2,1-4H3. The molecule has 0 atom stereocenters. The second-order valence-electron chi connectivity index (χ2n) is 7.07. The third-order valence-electron chi connectivity index (χ3n) is 4.71. The summed E-state index contributed by atoms with van der Waals surface area (Å²) in [4.78, 5) is 4.83. The van der Waals surface area contributed by atoms with E-state index in [0.29, 0.717) is 0 Å². The van der Waals surface area contributed by atoms with E-state index in [9.17, 15) is 0 Å². The molecule has 0 spiro atoms. The molecule has 122 valence electrons. The van der Waals surface area contributed by atoms with Gasteiger partial charge >= 0.3 is 0 Å². The number of hydrogen-bond donors (Lipinski definition) is 0. The molecule has 0 radical (unpaired) electrons. The molecule has 1 aliphatic heterocycles. The highest BCUT2D eigenvalue weighted by molar-refractivity contribution is 5.72. The van der Waals surface area contributed by atoms with E-state index in [1.165, 1.54) is 40.0 Å². The lowest BCUT2D eigenvalue weighted by Gasteiger charge is -2.28. The maximum Gasteiger partial charge on any atom is 0.0446 e. The van der Waals surface area contributed by atoms with Gasteiger partial charge in [0.05, 0.1) is 0 Å². The van der Waals surface area contributed by atoms with Crippen molar-refractivity contribution in [2.45, 2.75) is 33.1 Å². The van der Waals surface area contributed by atoms with E-state index in [1.807, 2.05) is 0 Å². The molecule has 0 fully saturated rings. The minimum atomic E-state index is 1.07. The average Bonchev–Trinajstić information content (AvgIpc) is 2.64. The van der Waals surface area contributed by atoms with Crippen LogP contribution in [-0.2, 0) is 12.8 Å². The van der Waals surface area contributed by atoms with Gasteiger partial charge in [-0.2, -0.15) is 0 Å².